The number of para-hydroxylation sites is 1. The minimum atomic E-state index is -4.69. The van der Waals surface area contributed by atoms with E-state index in [4.69, 9.17) is 4.42 Å². The quantitative estimate of drug-likeness (QED) is 0.619. The molecule has 1 aliphatic heterocycles. The van der Waals surface area contributed by atoms with Crippen LogP contribution in [0.15, 0.2) is 59.0 Å². The summed E-state index contributed by atoms with van der Waals surface area (Å²) in [4.78, 5) is 17.0. The fourth-order valence-electron chi connectivity index (χ4n) is 3.92. The topological polar surface area (TPSA) is 74.5 Å². The van der Waals surface area contributed by atoms with Crippen molar-refractivity contribution in [2.75, 3.05) is 18.0 Å². The van der Waals surface area contributed by atoms with Gasteiger partial charge in [0.25, 0.3) is 0 Å². The molecule has 1 N–H and O–H groups in total. The molecule has 33 heavy (non-hydrogen) atoms. The maximum Gasteiger partial charge on any atom is 0.470 e. The number of benzene rings is 2. The van der Waals surface area contributed by atoms with E-state index < -0.39 is 12.1 Å². The SMILES string of the molecule is CC1CN(C(=O)N(Cc2ccc(-c3nnc(C(F)(F)F)o3)cc2)c2ccccc2)CC(C)N1. The molecule has 1 saturated heterocycles. The fraction of sp³-hybridized carbons (Fsp3) is 0.348. The number of carbonyl (C=O) groups excluding carboxylic acids is 1. The minimum absolute atomic E-state index is 0.0998. The molecule has 0 saturated carbocycles. The molecule has 0 spiro atoms. The zero-order chi connectivity index (χ0) is 23.6. The van der Waals surface area contributed by atoms with Crippen molar-refractivity contribution in [2.24, 2.45) is 0 Å². The lowest BCUT2D eigenvalue weighted by Gasteiger charge is -2.39. The number of hydrogen-bond acceptors (Lipinski definition) is 5. The molecular formula is C23H24F3N5O2. The Balaban J connectivity index is 1.55. The highest BCUT2D eigenvalue weighted by Gasteiger charge is 2.38. The average molecular weight is 459 g/mol. The van der Waals surface area contributed by atoms with Crippen LogP contribution in [0.1, 0.15) is 25.3 Å². The Bertz CT molecular complexity index is 1080. The third-order valence-corrected chi connectivity index (χ3v) is 5.34. The molecule has 174 valence electrons. The summed E-state index contributed by atoms with van der Waals surface area (Å²) in [6, 6.07) is 16.3. The van der Waals surface area contributed by atoms with Crippen LogP contribution in [0.25, 0.3) is 11.5 Å². The van der Waals surface area contributed by atoms with Gasteiger partial charge >= 0.3 is 18.1 Å². The third kappa shape index (κ3) is 5.33. The smallest absolute Gasteiger partial charge is 0.413 e. The summed E-state index contributed by atoms with van der Waals surface area (Å²) in [5.74, 6) is -1.60. The van der Waals surface area contributed by atoms with Crippen molar-refractivity contribution in [1.82, 2.24) is 20.4 Å². The zero-order valence-corrected chi connectivity index (χ0v) is 18.2. The Labute approximate surface area is 189 Å². The number of anilines is 1. The van der Waals surface area contributed by atoms with Crippen molar-refractivity contribution >= 4 is 11.7 Å². The predicted octanol–water partition coefficient (Wildman–Crippen LogP) is 4.56. The van der Waals surface area contributed by atoms with Gasteiger partial charge in [-0.05, 0) is 43.7 Å². The number of alkyl halides is 3. The third-order valence-electron chi connectivity index (χ3n) is 5.34. The normalized spacial score (nSPS) is 18.9. The van der Waals surface area contributed by atoms with Crippen LogP contribution in [0.3, 0.4) is 0 Å². The van der Waals surface area contributed by atoms with Gasteiger partial charge < -0.3 is 14.6 Å². The van der Waals surface area contributed by atoms with Gasteiger partial charge in [0.05, 0.1) is 6.54 Å². The van der Waals surface area contributed by atoms with Gasteiger partial charge in [-0.3, -0.25) is 4.90 Å². The number of piperazine rings is 1. The Morgan fingerprint density at radius 2 is 1.70 bits per heavy atom. The van der Waals surface area contributed by atoms with Gasteiger partial charge in [-0.1, -0.05) is 30.3 Å². The van der Waals surface area contributed by atoms with Crippen LogP contribution in [-0.4, -0.2) is 46.3 Å². The number of halogens is 3. The lowest BCUT2D eigenvalue weighted by atomic mass is 10.1. The highest BCUT2D eigenvalue weighted by molar-refractivity contribution is 5.92. The number of rotatable bonds is 4. The summed E-state index contributed by atoms with van der Waals surface area (Å²) >= 11 is 0. The number of urea groups is 1. The highest BCUT2D eigenvalue weighted by Crippen LogP contribution is 2.30. The summed E-state index contributed by atoms with van der Waals surface area (Å²) in [7, 11) is 0. The molecule has 1 aliphatic rings. The molecule has 0 aliphatic carbocycles. The fourth-order valence-corrected chi connectivity index (χ4v) is 3.92. The molecular weight excluding hydrogens is 435 g/mol. The first-order chi connectivity index (χ1) is 15.7. The van der Waals surface area contributed by atoms with E-state index in [-0.39, 0.29) is 24.0 Å². The van der Waals surface area contributed by atoms with Gasteiger partial charge in [0.15, 0.2) is 0 Å². The summed E-state index contributed by atoms with van der Waals surface area (Å²) in [5.41, 5.74) is 1.93. The molecule has 10 heteroatoms. The Morgan fingerprint density at radius 3 is 2.27 bits per heavy atom. The summed E-state index contributed by atoms with van der Waals surface area (Å²) in [6.45, 7) is 5.59. The molecule has 2 heterocycles. The van der Waals surface area contributed by atoms with E-state index in [1.165, 1.54) is 0 Å². The van der Waals surface area contributed by atoms with Gasteiger partial charge in [0.2, 0.25) is 5.89 Å². The standard InChI is InChI=1S/C23H24F3N5O2/c1-15-12-30(13-16(2)27-15)22(32)31(19-6-4-3-5-7-19)14-17-8-10-18(11-9-17)20-28-29-21(33-20)23(24,25)26/h3-11,15-16,27H,12-14H2,1-2H3. The number of hydrogen-bond donors (Lipinski definition) is 1. The summed E-state index contributed by atoms with van der Waals surface area (Å²) < 4.78 is 42.9. The molecule has 0 bridgehead atoms. The minimum Gasteiger partial charge on any atom is -0.413 e. The molecule has 3 aromatic rings. The van der Waals surface area contributed by atoms with Gasteiger partial charge in [0, 0.05) is 36.4 Å². The molecule has 7 nitrogen and oxygen atoms in total. The predicted molar refractivity (Wildman–Crippen MR) is 116 cm³/mol. The van der Waals surface area contributed by atoms with Crippen molar-refractivity contribution in [3.63, 3.8) is 0 Å². The molecule has 0 radical (unpaired) electrons. The number of nitrogens with zero attached hydrogens (tertiary/aromatic N) is 4. The molecule has 2 atom stereocenters. The molecule has 2 aromatic carbocycles. The van der Waals surface area contributed by atoms with Crippen LogP contribution in [-0.2, 0) is 12.7 Å². The largest absolute Gasteiger partial charge is 0.470 e. The van der Waals surface area contributed by atoms with Gasteiger partial charge in [-0.25, -0.2) is 4.79 Å². The highest BCUT2D eigenvalue weighted by atomic mass is 19.4. The van der Waals surface area contributed by atoms with E-state index in [0.29, 0.717) is 25.2 Å². The Morgan fingerprint density at radius 1 is 1.06 bits per heavy atom. The van der Waals surface area contributed by atoms with E-state index in [2.05, 4.69) is 15.5 Å². The van der Waals surface area contributed by atoms with Crippen LogP contribution in [0.2, 0.25) is 0 Å². The molecule has 2 amide bonds. The summed E-state index contributed by atoms with van der Waals surface area (Å²) in [5, 5.41) is 9.96. The lowest BCUT2D eigenvalue weighted by molar-refractivity contribution is -0.156. The van der Waals surface area contributed by atoms with Crippen LogP contribution in [0.4, 0.5) is 23.7 Å². The van der Waals surface area contributed by atoms with Crippen molar-refractivity contribution in [1.29, 1.82) is 0 Å². The lowest BCUT2D eigenvalue weighted by Crippen LogP contribution is -2.58. The van der Waals surface area contributed by atoms with Crippen molar-refractivity contribution in [3.8, 4) is 11.5 Å². The van der Waals surface area contributed by atoms with Crippen LogP contribution >= 0.6 is 0 Å². The van der Waals surface area contributed by atoms with Crippen molar-refractivity contribution < 1.29 is 22.4 Å². The Hall–Kier alpha value is -3.40. The van der Waals surface area contributed by atoms with Gasteiger partial charge in [0.1, 0.15) is 0 Å². The van der Waals surface area contributed by atoms with Gasteiger partial charge in [-0.2, -0.15) is 13.2 Å². The average Bonchev–Trinajstić information content (AvgIpc) is 3.28. The van der Waals surface area contributed by atoms with E-state index in [1.807, 2.05) is 49.1 Å². The van der Waals surface area contributed by atoms with Crippen LogP contribution < -0.4 is 10.2 Å². The van der Waals surface area contributed by atoms with Crippen LogP contribution in [0, 0.1) is 0 Å². The van der Waals surface area contributed by atoms with Crippen molar-refractivity contribution in [2.45, 2.75) is 38.7 Å². The number of carbonyl (C=O) groups is 1. The second-order valence-electron chi connectivity index (χ2n) is 8.19. The second kappa shape index (κ2) is 9.22. The molecule has 1 aromatic heterocycles. The zero-order valence-electron chi connectivity index (χ0n) is 18.2. The van der Waals surface area contributed by atoms with Crippen molar-refractivity contribution in [3.05, 3.63) is 66.1 Å². The van der Waals surface area contributed by atoms with E-state index in [1.54, 1.807) is 29.2 Å². The van der Waals surface area contributed by atoms with E-state index in [0.717, 1.165) is 11.3 Å². The first kappa shape index (κ1) is 22.8. The van der Waals surface area contributed by atoms with E-state index in [9.17, 15) is 18.0 Å². The van der Waals surface area contributed by atoms with Crippen LogP contribution in [0.5, 0.6) is 0 Å². The molecule has 1 fully saturated rings. The molecule has 4 rings (SSSR count). The first-order valence-electron chi connectivity index (χ1n) is 10.6. The monoisotopic (exact) mass is 459 g/mol. The Kier molecular flexibility index (Phi) is 6.37. The number of nitrogens with one attached hydrogen (secondary N) is 1. The number of aromatic nitrogens is 2. The van der Waals surface area contributed by atoms with E-state index >= 15 is 0 Å². The summed E-state index contributed by atoms with van der Waals surface area (Å²) in [6.07, 6.45) is -4.69. The first-order valence-corrected chi connectivity index (χ1v) is 10.6. The second-order valence-corrected chi connectivity index (χ2v) is 8.19. The van der Waals surface area contributed by atoms with Gasteiger partial charge in [-0.15, -0.1) is 10.2 Å². The number of amides is 2. The maximum absolute atomic E-state index is 13.5. The maximum atomic E-state index is 13.5. The molecule has 2 unspecified atom stereocenters.